The van der Waals surface area contributed by atoms with E-state index in [4.69, 9.17) is 5.73 Å². The Kier molecular flexibility index (Phi) is 12.9. The van der Waals surface area contributed by atoms with Gasteiger partial charge in [0, 0.05) is 25.7 Å². The van der Waals surface area contributed by atoms with Gasteiger partial charge in [-0.05, 0) is 19.1 Å². The Labute approximate surface area is 182 Å². The van der Waals surface area contributed by atoms with Crippen molar-refractivity contribution in [3.8, 4) is 0 Å². The van der Waals surface area contributed by atoms with Gasteiger partial charge in [0.15, 0.2) is 0 Å². The average Bonchev–Trinajstić information content (AvgIpc) is 2.53. The van der Waals surface area contributed by atoms with Crippen molar-refractivity contribution in [2.24, 2.45) is 5.73 Å². The maximum absolute atomic E-state index is 12.5. The summed E-state index contributed by atoms with van der Waals surface area (Å²) in [5, 5.41) is 0.635. The van der Waals surface area contributed by atoms with E-state index in [2.05, 4.69) is 21.7 Å². The van der Waals surface area contributed by atoms with Crippen LogP contribution in [0.3, 0.4) is 0 Å². The summed E-state index contributed by atoms with van der Waals surface area (Å²) in [4.78, 5) is 32.2. The second-order valence-electron chi connectivity index (χ2n) is 6.04. The number of nitrogens with two attached hydrogens (primary N) is 1. The molecule has 1 unspecified atom stereocenters. The maximum Gasteiger partial charge on any atom is 0.262 e. The lowest BCUT2D eigenvalue weighted by atomic mass is 10.2. The number of piperazine rings is 1. The molecule has 0 saturated carbocycles. The van der Waals surface area contributed by atoms with E-state index in [0.29, 0.717) is 17.6 Å². The molecule has 0 bridgehead atoms. The molecule has 0 spiro atoms. The van der Waals surface area contributed by atoms with Crippen LogP contribution in [-0.2, 0) is 11.5 Å². The summed E-state index contributed by atoms with van der Waals surface area (Å²) < 4.78 is 1.64. The zero-order valence-corrected chi connectivity index (χ0v) is 18.1. The second kappa shape index (κ2) is 12.4. The van der Waals surface area contributed by atoms with Crippen molar-refractivity contribution in [1.29, 1.82) is 0 Å². The summed E-state index contributed by atoms with van der Waals surface area (Å²) in [5.74, 6) is -0.305. The molecular weight excluding hydrogens is 436 g/mol. The number of nitrogens with zero attached hydrogens (tertiary/aromatic N) is 4. The fourth-order valence-electron chi connectivity index (χ4n) is 3.06. The number of para-hydroxylation sites is 1. The Balaban J connectivity index is 0. The zero-order valence-electron chi connectivity index (χ0n) is 14.8. The van der Waals surface area contributed by atoms with E-state index in [1.807, 2.05) is 18.2 Å². The van der Waals surface area contributed by atoms with E-state index in [-0.39, 0.29) is 73.7 Å². The Morgan fingerprint density at radius 2 is 1.85 bits per heavy atom. The molecule has 154 valence electrons. The molecule has 1 aromatic heterocycles. The van der Waals surface area contributed by atoms with Gasteiger partial charge in [-0.3, -0.25) is 24.0 Å². The first-order valence-electron chi connectivity index (χ1n) is 7.73. The smallest absolute Gasteiger partial charge is 0.262 e. The quantitative estimate of drug-likeness (QED) is 0.747. The predicted octanol–water partition coefficient (Wildman–Crippen LogP) is 1.53. The van der Waals surface area contributed by atoms with E-state index in [0.717, 1.165) is 19.6 Å². The van der Waals surface area contributed by atoms with Crippen LogP contribution >= 0.6 is 49.6 Å². The molecule has 0 aliphatic carbocycles. The SMILES string of the molecule is CC1CN(Cn2cnc3ccccc3c2=O)CCN1CC(N)=O.Cl.Cl.Cl.Cl. The lowest BCUT2D eigenvalue weighted by Gasteiger charge is -2.39. The Morgan fingerprint density at radius 3 is 2.48 bits per heavy atom. The molecular formula is C16H25Cl4N5O2. The third-order valence-corrected chi connectivity index (χ3v) is 4.29. The van der Waals surface area contributed by atoms with Crippen molar-refractivity contribution in [2.45, 2.75) is 19.6 Å². The van der Waals surface area contributed by atoms with Gasteiger partial charge in [-0.15, -0.1) is 49.6 Å². The summed E-state index contributed by atoms with van der Waals surface area (Å²) >= 11 is 0. The van der Waals surface area contributed by atoms with E-state index >= 15 is 0 Å². The van der Waals surface area contributed by atoms with E-state index in [1.54, 1.807) is 17.0 Å². The van der Waals surface area contributed by atoms with Gasteiger partial charge < -0.3 is 5.73 Å². The van der Waals surface area contributed by atoms with Crippen LogP contribution in [0, 0.1) is 0 Å². The van der Waals surface area contributed by atoms with Crippen LogP contribution < -0.4 is 11.3 Å². The summed E-state index contributed by atoms with van der Waals surface area (Å²) in [7, 11) is 0. The molecule has 0 radical (unpaired) electrons. The lowest BCUT2D eigenvalue weighted by molar-refractivity contribution is -0.120. The fourth-order valence-corrected chi connectivity index (χ4v) is 3.06. The highest BCUT2D eigenvalue weighted by Crippen LogP contribution is 2.10. The van der Waals surface area contributed by atoms with E-state index in [1.165, 1.54) is 0 Å². The molecule has 1 aliphatic heterocycles. The van der Waals surface area contributed by atoms with Gasteiger partial charge in [-0.1, -0.05) is 12.1 Å². The first kappa shape index (κ1) is 28.1. The molecule has 7 nitrogen and oxygen atoms in total. The fraction of sp³-hybridized carbons (Fsp3) is 0.438. The molecule has 1 fully saturated rings. The van der Waals surface area contributed by atoms with Gasteiger partial charge in [-0.25, -0.2) is 4.98 Å². The van der Waals surface area contributed by atoms with Crippen LogP contribution in [0.15, 0.2) is 35.4 Å². The minimum Gasteiger partial charge on any atom is -0.369 e. The van der Waals surface area contributed by atoms with Crippen LogP contribution in [0.5, 0.6) is 0 Å². The number of hydrogen-bond donors (Lipinski definition) is 1. The van der Waals surface area contributed by atoms with Gasteiger partial charge in [0.25, 0.3) is 5.56 Å². The summed E-state index contributed by atoms with van der Waals surface area (Å²) in [5.41, 5.74) is 5.96. The van der Waals surface area contributed by atoms with Crippen molar-refractivity contribution in [2.75, 3.05) is 26.2 Å². The van der Waals surface area contributed by atoms with Crippen LogP contribution in [0.1, 0.15) is 6.92 Å². The molecule has 27 heavy (non-hydrogen) atoms. The van der Waals surface area contributed by atoms with Crippen molar-refractivity contribution in [3.05, 3.63) is 40.9 Å². The van der Waals surface area contributed by atoms with Gasteiger partial charge in [0.1, 0.15) is 0 Å². The highest BCUT2D eigenvalue weighted by molar-refractivity contribution is 5.86. The number of halogens is 4. The molecule has 1 atom stereocenters. The molecule has 3 rings (SSSR count). The number of benzene rings is 1. The van der Waals surface area contributed by atoms with Crippen molar-refractivity contribution < 1.29 is 4.79 Å². The third kappa shape index (κ3) is 6.78. The molecule has 1 amide bonds. The maximum atomic E-state index is 12.5. The molecule has 2 N–H and O–H groups in total. The third-order valence-electron chi connectivity index (χ3n) is 4.29. The summed E-state index contributed by atoms with van der Waals surface area (Å²) in [6, 6.07) is 7.58. The first-order chi connectivity index (χ1) is 11.0. The number of rotatable bonds is 4. The Bertz CT molecular complexity index is 789. The number of carbonyl (C=O) groups excluding carboxylic acids is 1. The monoisotopic (exact) mass is 459 g/mol. The van der Waals surface area contributed by atoms with Crippen LogP contribution in [0.4, 0.5) is 0 Å². The molecule has 2 aromatic rings. The van der Waals surface area contributed by atoms with Crippen molar-refractivity contribution >= 4 is 66.4 Å². The average molecular weight is 461 g/mol. The van der Waals surface area contributed by atoms with Crippen LogP contribution in [0.2, 0.25) is 0 Å². The normalized spacial score (nSPS) is 17.0. The molecule has 11 heteroatoms. The number of hydrogen-bond acceptors (Lipinski definition) is 5. The Hall–Kier alpha value is -1.09. The number of amides is 1. The van der Waals surface area contributed by atoms with Crippen LogP contribution in [0.25, 0.3) is 10.9 Å². The number of aromatic nitrogens is 2. The van der Waals surface area contributed by atoms with Crippen molar-refractivity contribution in [1.82, 2.24) is 19.4 Å². The topological polar surface area (TPSA) is 84.5 Å². The summed E-state index contributed by atoms with van der Waals surface area (Å²) in [6.45, 7) is 5.19. The lowest BCUT2D eigenvalue weighted by Crippen LogP contribution is -2.54. The largest absolute Gasteiger partial charge is 0.369 e. The highest BCUT2D eigenvalue weighted by Gasteiger charge is 2.24. The first-order valence-corrected chi connectivity index (χ1v) is 7.73. The molecule has 1 saturated heterocycles. The number of primary amides is 1. The van der Waals surface area contributed by atoms with Gasteiger partial charge in [0.05, 0.1) is 30.4 Å². The standard InChI is InChI=1S/C16H21N5O2.4ClH/c1-12-8-19(6-7-20(12)9-15(17)22)11-21-10-18-14-5-3-2-4-13(14)16(21)23;;;;/h2-5,10,12H,6-9,11H2,1H3,(H2,17,22);4*1H. The second-order valence-corrected chi connectivity index (χ2v) is 6.04. The highest BCUT2D eigenvalue weighted by atomic mass is 35.5. The van der Waals surface area contributed by atoms with Gasteiger partial charge >= 0.3 is 0 Å². The minimum atomic E-state index is -0.305. The number of fused-ring (bicyclic) bond motifs is 1. The molecule has 1 aliphatic rings. The van der Waals surface area contributed by atoms with E-state index < -0.39 is 0 Å². The van der Waals surface area contributed by atoms with Crippen LogP contribution in [-0.4, -0.2) is 57.5 Å². The number of carbonyl (C=O) groups is 1. The van der Waals surface area contributed by atoms with Crippen molar-refractivity contribution in [3.63, 3.8) is 0 Å². The minimum absolute atomic E-state index is 0. The van der Waals surface area contributed by atoms with Gasteiger partial charge in [0.2, 0.25) is 5.91 Å². The zero-order chi connectivity index (χ0) is 16.4. The molecule has 1 aromatic carbocycles. The Morgan fingerprint density at radius 1 is 1.19 bits per heavy atom. The molecule has 2 heterocycles. The van der Waals surface area contributed by atoms with Gasteiger partial charge in [-0.2, -0.15) is 0 Å². The van der Waals surface area contributed by atoms with E-state index in [9.17, 15) is 9.59 Å². The predicted molar refractivity (Wildman–Crippen MR) is 117 cm³/mol. The summed E-state index contributed by atoms with van der Waals surface area (Å²) in [6.07, 6.45) is 1.60.